The standard InChI is InChI=1S/C13H14N2O2/c16-15(17)13(11-5-2-1-3-6-11)9-8-12-7-4-10-14-12/h1-7,10,13-14H,8-9H2. The first-order valence-corrected chi connectivity index (χ1v) is 5.58. The van der Waals surface area contributed by atoms with Crippen LogP contribution >= 0.6 is 0 Å². The number of nitrogens with zero attached hydrogens (tertiary/aromatic N) is 1. The summed E-state index contributed by atoms with van der Waals surface area (Å²) >= 11 is 0. The maximum absolute atomic E-state index is 11.1. The molecule has 1 atom stereocenters. The Morgan fingerprint density at radius 3 is 2.53 bits per heavy atom. The lowest BCUT2D eigenvalue weighted by Gasteiger charge is -2.08. The number of aromatic amines is 1. The molecule has 2 rings (SSSR count). The van der Waals surface area contributed by atoms with E-state index in [4.69, 9.17) is 0 Å². The van der Waals surface area contributed by atoms with Crippen molar-refractivity contribution in [3.8, 4) is 0 Å². The van der Waals surface area contributed by atoms with Crippen LogP contribution in [0.1, 0.15) is 23.7 Å². The lowest BCUT2D eigenvalue weighted by molar-refractivity contribution is -0.530. The molecule has 2 aromatic rings. The summed E-state index contributed by atoms with van der Waals surface area (Å²) in [5.74, 6) is 0. The molecule has 0 amide bonds. The van der Waals surface area contributed by atoms with E-state index in [9.17, 15) is 10.1 Å². The molecule has 4 heteroatoms. The van der Waals surface area contributed by atoms with E-state index in [0.29, 0.717) is 12.8 Å². The molecule has 0 fully saturated rings. The fourth-order valence-electron chi connectivity index (χ4n) is 1.88. The normalized spacial score (nSPS) is 12.2. The third-order valence-corrected chi connectivity index (χ3v) is 2.79. The second kappa shape index (κ2) is 5.30. The van der Waals surface area contributed by atoms with E-state index >= 15 is 0 Å². The molecule has 0 saturated heterocycles. The minimum absolute atomic E-state index is 0.210. The van der Waals surface area contributed by atoms with E-state index in [1.807, 2.05) is 48.7 Å². The summed E-state index contributed by atoms with van der Waals surface area (Å²) in [4.78, 5) is 13.9. The molecular weight excluding hydrogens is 216 g/mol. The third kappa shape index (κ3) is 2.93. The van der Waals surface area contributed by atoms with Crippen LogP contribution in [0.15, 0.2) is 48.7 Å². The van der Waals surface area contributed by atoms with Crippen molar-refractivity contribution in [1.29, 1.82) is 0 Å². The Labute approximate surface area is 99.4 Å². The molecule has 88 valence electrons. The van der Waals surface area contributed by atoms with Crippen molar-refractivity contribution in [3.63, 3.8) is 0 Å². The topological polar surface area (TPSA) is 58.9 Å². The van der Waals surface area contributed by atoms with Crippen LogP contribution in [0.2, 0.25) is 0 Å². The first-order chi connectivity index (χ1) is 8.27. The van der Waals surface area contributed by atoms with Crippen molar-refractivity contribution in [2.75, 3.05) is 0 Å². The molecular formula is C13H14N2O2. The molecule has 0 saturated carbocycles. The van der Waals surface area contributed by atoms with Gasteiger partial charge in [0.15, 0.2) is 0 Å². The van der Waals surface area contributed by atoms with Gasteiger partial charge in [-0.15, -0.1) is 0 Å². The van der Waals surface area contributed by atoms with Gasteiger partial charge in [0.1, 0.15) is 0 Å². The van der Waals surface area contributed by atoms with E-state index < -0.39 is 6.04 Å². The van der Waals surface area contributed by atoms with Gasteiger partial charge in [-0.3, -0.25) is 10.1 Å². The highest BCUT2D eigenvalue weighted by atomic mass is 16.6. The number of aromatic nitrogens is 1. The second-order valence-corrected chi connectivity index (χ2v) is 3.95. The largest absolute Gasteiger partial charge is 0.365 e. The smallest absolute Gasteiger partial charge is 0.238 e. The van der Waals surface area contributed by atoms with Gasteiger partial charge in [0, 0.05) is 28.8 Å². The summed E-state index contributed by atoms with van der Waals surface area (Å²) in [5.41, 5.74) is 1.80. The molecule has 0 bridgehead atoms. The average Bonchev–Trinajstić information content (AvgIpc) is 2.83. The molecule has 0 radical (unpaired) electrons. The van der Waals surface area contributed by atoms with Crippen molar-refractivity contribution in [1.82, 2.24) is 4.98 Å². The van der Waals surface area contributed by atoms with E-state index in [0.717, 1.165) is 11.3 Å². The first kappa shape index (κ1) is 11.4. The van der Waals surface area contributed by atoms with Crippen molar-refractivity contribution in [2.45, 2.75) is 18.9 Å². The number of rotatable bonds is 5. The maximum Gasteiger partial charge on any atom is 0.238 e. The Balaban J connectivity index is 2.06. The fourth-order valence-corrected chi connectivity index (χ4v) is 1.88. The highest BCUT2D eigenvalue weighted by molar-refractivity contribution is 5.17. The first-order valence-electron chi connectivity index (χ1n) is 5.58. The molecule has 0 aliphatic carbocycles. The molecule has 1 heterocycles. The summed E-state index contributed by atoms with van der Waals surface area (Å²) in [7, 11) is 0. The molecule has 1 unspecified atom stereocenters. The van der Waals surface area contributed by atoms with Gasteiger partial charge in [-0.25, -0.2) is 0 Å². The van der Waals surface area contributed by atoms with Gasteiger partial charge in [-0.1, -0.05) is 30.3 Å². The lowest BCUT2D eigenvalue weighted by atomic mass is 10.0. The van der Waals surface area contributed by atoms with E-state index in [-0.39, 0.29) is 4.92 Å². The van der Waals surface area contributed by atoms with Crippen LogP contribution in [-0.4, -0.2) is 9.91 Å². The zero-order valence-corrected chi connectivity index (χ0v) is 9.37. The van der Waals surface area contributed by atoms with Crippen molar-refractivity contribution in [2.24, 2.45) is 0 Å². The third-order valence-electron chi connectivity index (χ3n) is 2.79. The zero-order valence-electron chi connectivity index (χ0n) is 9.37. The predicted octanol–water partition coefficient (Wildman–Crippen LogP) is 2.97. The minimum Gasteiger partial charge on any atom is -0.365 e. The molecule has 0 spiro atoms. The number of aryl methyl sites for hydroxylation is 1. The Hall–Kier alpha value is -2.10. The number of nitro groups is 1. The Morgan fingerprint density at radius 2 is 1.94 bits per heavy atom. The highest BCUT2D eigenvalue weighted by Gasteiger charge is 2.21. The summed E-state index contributed by atoms with van der Waals surface area (Å²) in [6.45, 7) is 0. The van der Waals surface area contributed by atoms with Crippen LogP contribution < -0.4 is 0 Å². The van der Waals surface area contributed by atoms with Crippen LogP contribution in [0.5, 0.6) is 0 Å². The van der Waals surface area contributed by atoms with Gasteiger partial charge in [0.05, 0.1) is 0 Å². The molecule has 0 aliphatic rings. The summed E-state index contributed by atoms with van der Waals surface area (Å²) in [6, 6.07) is 12.4. The number of benzene rings is 1. The number of nitrogens with one attached hydrogen (secondary N) is 1. The molecule has 4 nitrogen and oxygen atoms in total. The molecule has 1 aromatic carbocycles. The van der Waals surface area contributed by atoms with E-state index in [1.165, 1.54) is 0 Å². The average molecular weight is 230 g/mol. The van der Waals surface area contributed by atoms with Gasteiger partial charge >= 0.3 is 0 Å². The Kier molecular flexibility index (Phi) is 3.55. The van der Waals surface area contributed by atoms with Gasteiger partial charge < -0.3 is 4.98 Å². The number of hydrogen-bond acceptors (Lipinski definition) is 2. The van der Waals surface area contributed by atoms with E-state index in [1.54, 1.807) is 0 Å². The fraction of sp³-hybridized carbons (Fsp3) is 0.231. The van der Waals surface area contributed by atoms with Crippen LogP contribution in [0.25, 0.3) is 0 Å². The van der Waals surface area contributed by atoms with Crippen LogP contribution in [0.4, 0.5) is 0 Å². The molecule has 1 aromatic heterocycles. The number of hydrogen-bond donors (Lipinski definition) is 1. The monoisotopic (exact) mass is 230 g/mol. The molecule has 17 heavy (non-hydrogen) atoms. The van der Waals surface area contributed by atoms with Crippen molar-refractivity contribution < 1.29 is 4.92 Å². The van der Waals surface area contributed by atoms with Crippen molar-refractivity contribution >= 4 is 0 Å². The summed E-state index contributed by atoms with van der Waals surface area (Å²) in [6.07, 6.45) is 3.03. The predicted molar refractivity (Wildman–Crippen MR) is 65.3 cm³/mol. The highest BCUT2D eigenvalue weighted by Crippen LogP contribution is 2.21. The Bertz CT molecular complexity index is 465. The van der Waals surface area contributed by atoms with E-state index in [2.05, 4.69) is 4.98 Å². The van der Waals surface area contributed by atoms with Crippen LogP contribution in [0, 0.1) is 10.1 Å². The van der Waals surface area contributed by atoms with Crippen LogP contribution in [-0.2, 0) is 6.42 Å². The van der Waals surface area contributed by atoms with Crippen LogP contribution in [0.3, 0.4) is 0 Å². The van der Waals surface area contributed by atoms with Gasteiger partial charge in [0.25, 0.3) is 0 Å². The minimum atomic E-state index is -0.625. The Morgan fingerprint density at radius 1 is 1.18 bits per heavy atom. The quantitative estimate of drug-likeness (QED) is 0.634. The maximum atomic E-state index is 11.1. The van der Waals surface area contributed by atoms with Gasteiger partial charge in [0.2, 0.25) is 6.04 Å². The lowest BCUT2D eigenvalue weighted by Crippen LogP contribution is -2.11. The SMILES string of the molecule is O=[N+]([O-])C(CCc1ccc[nH]1)c1ccccc1. The van der Waals surface area contributed by atoms with Gasteiger partial charge in [-0.2, -0.15) is 0 Å². The molecule has 0 aliphatic heterocycles. The molecule has 1 N–H and O–H groups in total. The zero-order chi connectivity index (χ0) is 12.1. The van der Waals surface area contributed by atoms with Crippen molar-refractivity contribution in [3.05, 3.63) is 70.0 Å². The van der Waals surface area contributed by atoms with Gasteiger partial charge in [-0.05, 0) is 18.6 Å². The summed E-state index contributed by atoms with van der Waals surface area (Å²) < 4.78 is 0. The second-order valence-electron chi connectivity index (χ2n) is 3.95. The number of H-pyrrole nitrogens is 1. The summed E-state index contributed by atoms with van der Waals surface area (Å²) in [5, 5.41) is 11.1.